The van der Waals surface area contributed by atoms with Gasteiger partial charge in [-0.05, 0) is 47.9 Å². The molecule has 0 aliphatic rings. The topological polar surface area (TPSA) is 80.0 Å². The van der Waals surface area contributed by atoms with E-state index in [1.54, 1.807) is 18.2 Å². The predicted octanol–water partition coefficient (Wildman–Crippen LogP) is 6.26. The minimum Gasteiger partial charge on any atom is -0.507 e. The van der Waals surface area contributed by atoms with E-state index in [1.807, 2.05) is 59.2 Å². The molecule has 0 bridgehead atoms. The van der Waals surface area contributed by atoms with Crippen LogP contribution >= 0.6 is 27.7 Å². The van der Waals surface area contributed by atoms with Crippen molar-refractivity contribution in [3.63, 3.8) is 0 Å². The summed E-state index contributed by atoms with van der Waals surface area (Å²) in [5.74, 6) is 0.941. The Bertz CT molecular complexity index is 1270. The molecule has 0 saturated heterocycles. The van der Waals surface area contributed by atoms with E-state index in [0.29, 0.717) is 22.5 Å². The van der Waals surface area contributed by atoms with Crippen LogP contribution in [-0.4, -0.2) is 31.5 Å². The number of halogens is 1. The number of hydrogen-bond donors (Lipinski definition) is 2. The molecule has 168 valence electrons. The molecule has 6 nitrogen and oxygen atoms in total. The molecule has 3 aromatic carbocycles. The SMILES string of the molecule is CC(C)c1ccccc1NC(=O)CSc1nnc(-c2cc(Br)ccc2O)n1-c1ccccc1. The van der Waals surface area contributed by atoms with Gasteiger partial charge in [0.2, 0.25) is 5.91 Å². The third-order valence-corrected chi connectivity index (χ3v) is 6.46. The fourth-order valence-corrected chi connectivity index (χ4v) is 4.58. The van der Waals surface area contributed by atoms with Crippen LogP contribution in [0.4, 0.5) is 5.69 Å². The lowest BCUT2D eigenvalue weighted by Crippen LogP contribution is -2.16. The van der Waals surface area contributed by atoms with E-state index in [9.17, 15) is 9.90 Å². The van der Waals surface area contributed by atoms with Crippen molar-refractivity contribution >= 4 is 39.3 Å². The van der Waals surface area contributed by atoms with Crippen molar-refractivity contribution in [2.45, 2.75) is 24.9 Å². The maximum Gasteiger partial charge on any atom is 0.234 e. The van der Waals surface area contributed by atoms with Crippen LogP contribution in [0.1, 0.15) is 25.3 Å². The number of phenols is 1. The Morgan fingerprint density at radius 2 is 1.79 bits per heavy atom. The Morgan fingerprint density at radius 3 is 2.55 bits per heavy atom. The standard InChI is InChI=1S/C25H23BrN4O2S/c1-16(2)19-10-6-7-11-21(19)27-23(32)15-33-25-29-28-24(20-14-17(26)12-13-22(20)31)30(25)18-8-4-3-5-9-18/h3-14,16,31H,15H2,1-2H3,(H,27,32). The number of aromatic hydroxyl groups is 1. The highest BCUT2D eigenvalue weighted by Crippen LogP contribution is 2.34. The molecular formula is C25H23BrN4O2S. The zero-order chi connectivity index (χ0) is 23.4. The van der Waals surface area contributed by atoms with Gasteiger partial charge in [0.1, 0.15) is 5.75 Å². The Labute approximate surface area is 205 Å². The third-order valence-electron chi connectivity index (χ3n) is 5.04. The van der Waals surface area contributed by atoms with Gasteiger partial charge >= 0.3 is 0 Å². The van der Waals surface area contributed by atoms with Crippen molar-refractivity contribution in [2.75, 3.05) is 11.1 Å². The molecule has 0 fully saturated rings. The Balaban J connectivity index is 1.62. The lowest BCUT2D eigenvalue weighted by molar-refractivity contribution is -0.113. The maximum absolute atomic E-state index is 12.7. The van der Waals surface area contributed by atoms with Gasteiger partial charge in [-0.25, -0.2) is 0 Å². The first kappa shape index (κ1) is 23.1. The highest BCUT2D eigenvalue weighted by molar-refractivity contribution is 9.10. The number of amides is 1. The van der Waals surface area contributed by atoms with Crippen molar-refractivity contribution in [1.29, 1.82) is 0 Å². The largest absolute Gasteiger partial charge is 0.507 e. The van der Waals surface area contributed by atoms with Gasteiger partial charge in [0.25, 0.3) is 0 Å². The van der Waals surface area contributed by atoms with Gasteiger partial charge < -0.3 is 10.4 Å². The third kappa shape index (κ3) is 5.29. The Morgan fingerprint density at radius 1 is 1.06 bits per heavy atom. The lowest BCUT2D eigenvalue weighted by atomic mass is 10.0. The van der Waals surface area contributed by atoms with E-state index in [4.69, 9.17) is 0 Å². The fourth-order valence-electron chi connectivity index (χ4n) is 3.47. The van der Waals surface area contributed by atoms with E-state index in [1.165, 1.54) is 11.8 Å². The summed E-state index contributed by atoms with van der Waals surface area (Å²) in [5.41, 5.74) is 3.30. The predicted molar refractivity (Wildman–Crippen MR) is 136 cm³/mol. The number of para-hydroxylation sites is 2. The van der Waals surface area contributed by atoms with Crippen LogP contribution in [0.2, 0.25) is 0 Å². The fraction of sp³-hybridized carbons (Fsp3) is 0.160. The molecule has 0 spiro atoms. The summed E-state index contributed by atoms with van der Waals surface area (Å²) in [6, 6.07) is 22.6. The molecule has 0 unspecified atom stereocenters. The lowest BCUT2D eigenvalue weighted by Gasteiger charge is -2.14. The first-order chi connectivity index (χ1) is 15.9. The quantitative estimate of drug-likeness (QED) is 0.280. The summed E-state index contributed by atoms with van der Waals surface area (Å²) in [5, 5.41) is 22.7. The number of phenolic OH excluding ortho intramolecular Hbond substituents is 1. The van der Waals surface area contributed by atoms with E-state index in [0.717, 1.165) is 21.4 Å². The second-order valence-electron chi connectivity index (χ2n) is 7.72. The minimum atomic E-state index is -0.123. The number of thioether (sulfide) groups is 1. The molecule has 2 N–H and O–H groups in total. The Kier molecular flexibility index (Phi) is 7.15. The highest BCUT2D eigenvalue weighted by Gasteiger charge is 2.20. The van der Waals surface area contributed by atoms with Gasteiger partial charge in [-0.2, -0.15) is 0 Å². The molecule has 4 aromatic rings. The van der Waals surface area contributed by atoms with Crippen LogP contribution in [0.3, 0.4) is 0 Å². The number of carbonyl (C=O) groups is 1. The van der Waals surface area contributed by atoms with Gasteiger partial charge in [0, 0.05) is 15.8 Å². The second kappa shape index (κ2) is 10.2. The first-order valence-corrected chi connectivity index (χ1v) is 12.2. The number of rotatable bonds is 7. The Hall–Kier alpha value is -3.10. The van der Waals surface area contributed by atoms with Gasteiger partial charge in [-0.3, -0.25) is 9.36 Å². The number of carbonyl (C=O) groups excluding carboxylic acids is 1. The summed E-state index contributed by atoms with van der Waals surface area (Å²) in [6.07, 6.45) is 0. The molecule has 8 heteroatoms. The number of benzene rings is 3. The number of anilines is 1. The van der Waals surface area contributed by atoms with Crippen molar-refractivity contribution in [3.8, 4) is 22.8 Å². The van der Waals surface area contributed by atoms with Crippen molar-refractivity contribution in [2.24, 2.45) is 0 Å². The van der Waals surface area contributed by atoms with Crippen molar-refractivity contribution in [3.05, 3.63) is 82.8 Å². The van der Waals surface area contributed by atoms with Crippen LogP contribution in [0.15, 0.2) is 82.4 Å². The molecular weight excluding hydrogens is 500 g/mol. The number of hydrogen-bond acceptors (Lipinski definition) is 5. The highest BCUT2D eigenvalue weighted by atomic mass is 79.9. The minimum absolute atomic E-state index is 0.0994. The van der Waals surface area contributed by atoms with Crippen LogP contribution in [0.5, 0.6) is 5.75 Å². The molecule has 0 aliphatic heterocycles. The summed E-state index contributed by atoms with van der Waals surface area (Å²) < 4.78 is 2.66. The number of nitrogens with one attached hydrogen (secondary N) is 1. The zero-order valence-electron chi connectivity index (χ0n) is 18.2. The normalized spacial score (nSPS) is 11.0. The average molecular weight is 523 g/mol. The van der Waals surface area contributed by atoms with Crippen LogP contribution in [0.25, 0.3) is 17.1 Å². The molecule has 1 aromatic heterocycles. The molecule has 0 aliphatic carbocycles. The van der Waals surface area contributed by atoms with E-state index in [2.05, 4.69) is 45.3 Å². The number of aromatic nitrogens is 3. The molecule has 0 atom stereocenters. The van der Waals surface area contributed by atoms with Gasteiger partial charge in [0.05, 0.1) is 11.3 Å². The smallest absolute Gasteiger partial charge is 0.234 e. The van der Waals surface area contributed by atoms with Crippen LogP contribution in [0, 0.1) is 0 Å². The summed E-state index contributed by atoms with van der Waals surface area (Å²) >= 11 is 4.74. The average Bonchev–Trinajstić information content (AvgIpc) is 3.24. The zero-order valence-corrected chi connectivity index (χ0v) is 20.6. The van der Waals surface area contributed by atoms with Crippen LogP contribution < -0.4 is 5.32 Å². The molecule has 4 rings (SSSR count). The molecule has 0 radical (unpaired) electrons. The first-order valence-electron chi connectivity index (χ1n) is 10.5. The van der Waals surface area contributed by atoms with Gasteiger partial charge in [-0.15, -0.1) is 10.2 Å². The molecule has 33 heavy (non-hydrogen) atoms. The van der Waals surface area contributed by atoms with Crippen molar-refractivity contribution in [1.82, 2.24) is 14.8 Å². The molecule has 1 heterocycles. The monoisotopic (exact) mass is 522 g/mol. The second-order valence-corrected chi connectivity index (χ2v) is 9.58. The van der Waals surface area contributed by atoms with Gasteiger partial charge in [0.15, 0.2) is 11.0 Å². The number of nitrogens with zero attached hydrogens (tertiary/aromatic N) is 3. The maximum atomic E-state index is 12.7. The van der Waals surface area contributed by atoms with Gasteiger partial charge in [-0.1, -0.05) is 77.9 Å². The molecule has 1 amide bonds. The summed E-state index contributed by atoms with van der Waals surface area (Å²) in [6.45, 7) is 4.20. The van der Waals surface area contributed by atoms with E-state index < -0.39 is 0 Å². The molecule has 0 saturated carbocycles. The summed E-state index contributed by atoms with van der Waals surface area (Å²) in [7, 11) is 0. The summed E-state index contributed by atoms with van der Waals surface area (Å²) in [4.78, 5) is 12.7. The van der Waals surface area contributed by atoms with E-state index >= 15 is 0 Å². The van der Waals surface area contributed by atoms with Crippen LogP contribution in [-0.2, 0) is 4.79 Å². The van der Waals surface area contributed by atoms with E-state index in [-0.39, 0.29) is 17.4 Å². The van der Waals surface area contributed by atoms with Crippen molar-refractivity contribution < 1.29 is 9.90 Å².